The molecule has 0 saturated heterocycles. The Morgan fingerprint density at radius 1 is 0.944 bits per heavy atom. The molecule has 1 N–H and O–H groups in total. The standard InChI is InChI=1S/C13H27F3N2/c1-3-9-17-10-7-5-6-8-11-18(4-2)12-13(14,15)16/h17H,3-12H2,1-2H3. The first-order chi connectivity index (χ1) is 8.49. The molecule has 0 heterocycles. The molecular formula is C13H27F3N2. The van der Waals surface area contributed by atoms with Gasteiger partial charge >= 0.3 is 6.18 Å². The van der Waals surface area contributed by atoms with Crippen LogP contribution in [0.3, 0.4) is 0 Å². The van der Waals surface area contributed by atoms with E-state index in [-0.39, 0.29) is 0 Å². The lowest BCUT2D eigenvalue weighted by molar-refractivity contribution is -0.145. The van der Waals surface area contributed by atoms with E-state index in [0.29, 0.717) is 13.1 Å². The molecule has 0 bridgehead atoms. The van der Waals surface area contributed by atoms with Gasteiger partial charge in [-0.2, -0.15) is 13.2 Å². The van der Waals surface area contributed by atoms with Crippen LogP contribution in [0, 0.1) is 0 Å². The van der Waals surface area contributed by atoms with Gasteiger partial charge in [-0.1, -0.05) is 26.7 Å². The number of hydrogen-bond donors (Lipinski definition) is 1. The summed E-state index contributed by atoms with van der Waals surface area (Å²) in [6.45, 7) is 6.23. The summed E-state index contributed by atoms with van der Waals surface area (Å²) >= 11 is 0. The third kappa shape index (κ3) is 12.2. The molecule has 0 aromatic carbocycles. The summed E-state index contributed by atoms with van der Waals surface area (Å²) in [4.78, 5) is 1.47. The first-order valence-corrected chi connectivity index (χ1v) is 6.99. The van der Waals surface area contributed by atoms with E-state index in [1.165, 1.54) is 4.90 Å². The largest absolute Gasteiger partial charge is 0.401 e. The topological polar surface area (TPSA) is 15.3 Å². The van der Waals surface area contributed by atoms with E-state index in [4.69, 9.17) is 0 Å². The maximum atomic E-state index is 12.2. The van der Waals surface area contributed by atoms with Gasteiger partial charge in [0.2, 0.25) is 0 Å². The third-order valence-electron chi connectivity index (χ3n) is 2.85. The molecule has 5 heteroatoms. The predicted octanol–water partition coefficient (Wildman–Crippen LogP) is 3.43. The van der Waals surface area contributed by atoms with Crippen LogP contribution < -0.4 is 5.32 Å². The van der Waals surface area contributed by atoms with Gasteiger partial charge in [-0.25, -0.2) is 0 Å². The molecule has 0 fully saturated rings. The summed E-state index contributed by atoms with van der Waals surface area (Å²) in [5, 5.41) is 3.32. The Morgan fingerprint density at radius 2 is 1.61 bits per heavy atom. The molecule has 0 aromatic heterocycles. The maximum absolute atomic E-state index is 12.2. The van der Waals surface area contributed by atoms with E-state index in [9.17, 15) is 13.2 Å². The number of hydrogen-bond acceptors (Lipinski definition) is 2. The van der Waals surface area contributed by atoms with Crippen LogP contribution in [0.4, 0.5) is 13.2 Å². The van der Waals surface area contributed by atoms with Crippen LogP contribution in [0.2, 0.25) is 0 Å². The second-order valence-electron chi connectivity index (χ2n) is 4.65. The van der Waals surface area contributed by atoms with Crippen LogP contribution in [0.15, 0.2) is 0 Å². The van der Waals surface area contributed by atoms with Crippen molar-refractivity contribution >= 4 is 0 Å². The molecule has 0 rings (SSSR count). The molecule has 0 aliphatic carbocycles. The van der Waals surface area contributed by atoms with Gasteiger partial charge in [0.15, 0.2) is 0 Å². The van der Waals surface area contributed by atoms with Gasteiger partial charge in [0.1, 0.15) is 0 Å². The molecule has 0 radical (unpaired) electrons. The van der Waals surface area contributed by atoms with Gasteiger partial charge in [0, 0.05) is 0 Å². The highest BCUT2D eigenvalue weighted by Crippen LogP contribution is 2.16. The van der Waals surface area contributed by atoms with Crippen molar-refractivity contribution in [3.8, 4) is 0 Å². The maximum Gasteiger partial charge on any atom is 0.401 e. The summed E-state index contributed by atoms with van der Waals surface area (Å²) in [5.41, 5.74) is 0. The van der Waals surface area contributed by atoms with Gasteiger partial charge in [-0.3, -0.25) is 4.90 Å². The second kappa shape index (κ2) is 10.6. The van der Waals surface area contributed by atoms with Gasteiger partial charge in [0.05, 0.1) is 6.54 Å². The Labute approximate surface area is 109 Å². The van der Waals surface area contributed by atoms with E-state index >= 15 is 0 Å². The minimum absolute atomic E-state index is 0.470. The molecule has 0 aliphatic rings. The Kier molecular flexibility index (Phi) is 10.4. The van der Waals surface area contributed by atoms with Crippen LogP contribution in [-0.2, 0) is 0 Å². The molecule has 0 amide bonds. The number of halogens is 3. The SMILES string of the molecule is CCCNCCCCCCN(CC)CC(F)(F)F. The van der Waals surface area contributed by atoms with Crippen molar-refractivity contribution in [3.63, 3.8) is 0 Å². The number of rotatable bonds is 11. The number of nitrogens with zero attached hydrogens (tertiary/aromatic N) is 1. The van der Waals surface area contributed by atoms with Crippen molar-refractivity contribution < 1.29 is 13.2 Å². The lowest BCUT2D eigenvalue weighted by atomic mass is 10.2. The van der Waals surface area contributed by atoms with E-state index < -0.39 is 12.7 Å². The van der Waals surface area contributed by atoms with Crippen LogP contribution in [-0.4, -0.2) is 43.8 Å². The molecular weight excluding hydrogens is 241 g/mol. The summed E-state index contributed by atoms with van der Waals surface area (Å²) < 4.78 is 36.6. The molecule has 0 spiro atoms. The van der Waals surface area contributed by atoms with Crippen molar-refractivity contribution in [1.29, 1.82) is 0 Å². The van der Waals surface area contributed by atoms with Crippen LogP contribution in [0.5, 0.6) is 0 Å². The van der Waals surface area contributed by atoms with Crippen molar-refractivity contribution in [1.82, 2.24) is 10.2 Å². The minimum Gasteiger partial charge on any atom is -0.317 e. The zero-order valence-electron chi connectivity index (χ0n) is 11.7. The average molecular weight is 268 g/mol. The molecule has 0 aliphatic heterocycles. The fourth-order valence-corrected chi connectivity index (χ4v) is 1.84. The van der Waals surface area contributed by atoms with Crippen molar-refractivity contribution in [2.75, 3.05) is 32.7 Å². The van der Waals surface area contributed by atoms with E-state index in [1.54, 1.807) is 6.92 Å². The summed E-state index contributed by atoms with van der Waals surface area (Å²) in [7, 11) is 0. The van der Waals surface area contributed by atoms with Crippen molar-refractivity contribution in [3.05, 3.63) is 0 Å². The van der Waals surface area contributed by atoms with Crippen LogP contribution >= 0.6 is 0 Å². The second-order valence-corrected chi connectivity index (χ2v) is 4.65. The first-order valence-electron chi connectivity index (χ1n) is 6.99. The van der Waals surface area contributed by atoms with Crippen molar-refractivity contribution in [2.45, 2.75) is 52.1 Å². The average Bonchev–Trinajstić information content (AvgIpc) is 2.29. The highest BCUT2D eigenvalue weighted by molar-refractivity contribution is 4.62. The van der Waals surface area contributed by atoms with Crippen molar-refractivity contribution in [2.24, 2.45) is 0 Å². The van der Waals surface area contributed by atoms with Gasteiger partial charge in [0.25, 0.3) is 0 Å². The first kappa shape index (κ1) is 17.7. The van der Waals surface area contributed by atoms with Gasteiger partial charge in [-0.15, -0.1) is 0 Å². The summed E-state index contributed by atoms with van der Waals surface area (Å²) in [5.74, 6) is 0. The van der Waals surface area contributed by atoms with E-state index in [1.807, 2.05) is 0 Å². The fraction of sp³-hybridized carbons (Fsp3) is 1.00. The quantitative estimate of drug-likeness (QED) is 0.578. The smallest absolute Gasteiger partial charge is 0.317 e. The van der Waals surface area contributed by atoms with Gasteiger partial charge < -0.3 is 5.32 Å². The minimum atomic E-state index is -4.07. The predicted molar refractivity (Wildman–Crippen MR) is 69.8 cm³/mol. The summed E-state index contributed by atoms with van der Waals surface area (Å²) in [6, 6.07) is 0. The van der Waals surface area contributed by atoms with Gasteiger partial charge in [-0.05, 0) is 45.4 Å². The molecule has 18 heavy (non-hydrogen) atoms. The van der Waals surface area contributed by atoms with E-state index in [0.717, 1.165) is 45.2 Å². The number of unbranched alkanes of at least 4 members (excludes halogenated alkanes) is 3. The van der Waals surface area contributed by atoms with Crippen LogP contribution in [0.1, 0.15) is 46.0 Å². The lowest BCUT2D eigenvalue weighted by Crippen LogP contribution is -2.34. The zero-order valence-corrected chi connectivity index (χ0v) is 11.7. The molecule has 0 aromatic rings. The highest BCUT2D eigenvalue weighted by atomic mass is 19.4. The molecule has 0 atom stereocenters. The molecule has 0 saturated carbocycles. The van der Waals surface area contributed by atoms with E-state index in [2.05, 4.69) is 12.2 Å². The Morgan fingerprint density at radius 3 is 2.17 bits per heavy atom. The Bertz CT molecular complexity index is 184. The number of nitrogens with one attached hydrogen (secondary N) is 1. The summed E-state index contributed by atoms with van der Waals surface area (Å²) in [6.07, 6.45) is 1.16. The lowest BCUT2D eigenvalue weighted by Gasteiger charge is -2.21. The van der Waals surface area contributed by atoms with Crippen LogP contribution in [0.25, 0.3) is 0 Å². The monoisotopic (exact) mass is 268 g/mol. The Hall–Kier alpha value is -0.290. The Balaban J connectivity index is 3.40. The molecule has 0 unspecified atom stereocenters. The zero-order chi connectivity index (χ0) is 13.9. The highest BCUT2D eigenvalue weighted by Gasteiger charge is 2.29. The molecule has 110 valence electrons. The normalized spacial score (nSPS) is 12.3. The third-order valence-corrected chi connectivity index (χ3v) is 2.85. The molecule has 2 nitrogen and oxygen atoms in total. The number of alkyl halides is 3. The fourth-order valence-electron chi connectivity index (χ4n) is 1.84.